The highest BCUT2D eigenvalue weighted by molar-refractivity contribution is 9.10. The summed E-state index contributed by atoms with van der Waals surface area (Å²) in [6, 6.07) is 13.3. The molecule has 1 aliphatic heterocycles. The van der Waals surface area contributed by atoms with E-state index in [0.717, 1.165) is 16.6 Å². The highest BCUT2D eigenvalue weighted by Crippen LogP contribution is 2.39. The summed E-state index contributed by atoms with van der Waals surface area (Å²) >= 11 is 9.38. The predicted molar refractivity (Wildman–Crippen MR) is 118 cm³/mol. The van der Waals surface area contributed by atoms with E-state index in [4.69, 9.17) is 11.6 Å². The summed E-state index contributed by atoms with van der Waals surface area (Å²) in [4.78, 5) is 29.3. The summed E-state index contributed by atoms with van der Waals surface area (Å²) < 4.78 is 0.854. The summed E-state index contributed by atoms with van der Waals surface area (Å²) in [6.07, 6.45) is 0.711. The molecule has 0 aliphatic carbocycles. The van der Waals surface area contributed by atoms with E-state index in [1.807, 2.05) is 19.0 Å². The Hall–Kier alpha value is -2.15. The molecule has 1 heterocycles. The van der Waals surface area contributed by atoms with Crippen molar-refractivity contribution in [2.75, 3.05) is 27.2 Å². The van der Waals surface area contributed by atoms with Crippen LogP contribution in [0.1, 0.15) is 23.6 Å². The number of likely N-dealkylation sites (tertiary alicyclic amines) is 1. The van der Waals surface area contributed by atoms with E-state index >= 15 is 0 Å². The molecule has 0 bridgehead atoms. The Bertz CT molecular complexity index is 940. The van der Waals surface area contributed by atoms with Crippen LogP contribution < -0.4 is 0 Å². The highest BCUT2D eigenvalue weighted by Gasteiger charge is 2.45. The van der Waals surface area contributed by atoms with Gasteiger partial charge in [-0.05, 0) is 56.9 Å². The number of nitrogens with zero attached hydrogens (tertiary/aromatic N) is 2. The van der Waals surface area contributed by atoms with Gasteiger partial charge in [-0.15, -0.1) is 0 Å². The average molecular weight is 478 g/mol. The molecule has 0 spiro atoms. The van der Waals surface area contributed by atoms with E-state index in [-0.39, 0.29) is 11.3 Å². The summed E-state index contributed by atoms with van der Waals surface area (Å²) in [5.41, 5.74) is 1.32. The number of aliphatic hydroxyl groups is 1. The zero-order valence-electron chi connectivity index (χ0n) is 16.2. The van der Waals surface area contributed by atoms with Crippen LogP contribution in [0, 0.1) is 0 Å². The van der Waals surface area contributed by atoms with E-state index in [2.05, 4.69) is 15.9 Å². The number of aliphatic hydroxyl groups excluding tert-OH is 1. The van der Waals surface area contributed by atoms with Gasteiger partial charge in [0, 0.05) is 21.6 Å². The highest BCUT2D eigenvalue weighted by atomic mass is 79.9. The van der Waals surface area contributed by atoms with Gasteiger partial charge in [-0.1, -0.05) is 51.8 Å². The third-order valence-electron chi connectivity index (χ3n) is 4.85. The van der Waals surface area contributed by atoms with Gasteiger partial charge in [0.15, 0.2) is 0 Å². The molecular formula is C22H22BrClN2O3. The maximum atomic E-state index is 12.9. The second kappa shape index (κ2) is 9.11. The van der Waals surface area contributed by atoms with Crippen molar-refractivity contribution in [1.29, 1.82) is 0 Å². The van der Waals surface area contributed by atoms with Crippen molar-refractivity contribution in [2.45, 2.75) is 12.5 Å². The fourth-order valence-electron chi connectivity index (χ4n) is 3.42. The topological polar surface area (TPSA) is 60.9 Å². The van der Waals surface area contributed by atoms with Crippen LogP contribution in [0.4, 0.5) is 0 Å². The number of hydrogen-bond donors (Lipinski definition) is 1. The Morgan fingerprint density at radius 2 is 1.72 bits per heavy atom. The third kappa shape index (κ3) is 4.71. The monoisotopic (exact) mass is 476 g/mol. The van der Waals surface area contributed by atoms with E-state index in [1.165, 1.54) is 0 Å². The molecule has 1 atom stereocenters. The zero-order valence-corrected chi connectivity index (χ0v) is 18.6. The molecule has 1 N–H and O–H groups in total. The SMILES string of the molecule is CN(C)CCCN1C(=O)C(=O)/C(=C(/O)c2ccc(Br)cc2)[C@@H]1c1ccc(Cl)cc1. The van der Waals surface area contributed by atoms with Crippen molar-refractivity contribution in [1.82, 2.24) is 9.80 Å². The minimum absolute atomic E-state index is 0.101. The number of halogens is 2. The van der Waals surface area contributed by atoms with Crippen LogP contribution >= 0.6 is 27.5 Å². The molecule has 0 saturated carbocycles. The Labute approximate surface area is 183 Å². The Kier molecular flexibility index (Phi) is 6.77. The van der Waals surface area contributed by atoms with Crippen molar-refractivity contribution >= 4 is 45.0 Å². The van der Waals surface area contributed by atoms with E-state index < -0.39 is 17.7 Å². The largest absolute Gasteiger partial charge is 0.507 e. The summed E-state index contributed by atoms with van der Waals surface area (Å²) in [5, 5.41) is 11.5. The van der Waals surface area contributed by atoms with Crippen LogP contribution in [0.15, 0.2) is 58.6 Å². The predicted octanol–water partition coefficient (Wildman–Crippen LogP) is 4.48. The Morgan fingerprint density at radius 1 is 1.10 bits per heavy atom. The van der Waals surface area contributed by atoms with E-state index in [9.17, 15) is 14.7 Å². The number of hydrogen-bond acceptors (Lipinski definition) is 4. The lowest BCUT2D eigenvalue weighted by Gasteiger charge is -2.26. The molecule has 152 valence electrons. The van der Waals surface area contributed by atoms with Crippen LogP contribution in [-0.4, -0.2) is 53.8 Å². The van der Waals surface area contributed by atoms with Crippen molar-refractivity contribution in [2.24, 2.45) is 0 Å². The first-order valence-electron chi connectivity index (χ1n) is 9.24. The van der Waals surface area contributed by atoms with Crippen molar-refractivity contribution < 1.29 is 14.7 Å². The quantitative estimate of drug-likeness (QED) is 0.379. The standard InChI is InChI=1S/C22H22BrClN2O3/c1-25(2)12-3-13-26-19(14-6-10-17(24)11-7-14)18(21(28)22(26)29)20(27)15-4-8-16(23)9-5-15/h4-11,19,27H,3,12-13H2,1-2H3/b20-18+/t19-/m0/s1. The van der Waals surface area contributed by atoms with Gasteiger partial charge in [-0.2, -0.15) is 0 Å². The first-order chi connectivity index (χ1) is 13.8. The summed E-state index contributed by atoms with van der Waals surface area (Å²) in [6.45, 7) is 1.19. The molecule has 1 saturated heterocycles. The summed E-state index contributed by atoms with van der Waals surface area (Å²) in [7, 11) is 3.91. The minimum Gasteiger partial charge on any atom is -0.507 e. The van der Waals surface area contributed by atoms with Crippen LogP contribution in [0.25, 0.3) is 5.76 Å². The Balaban J connectivity index is 2.07. The molecule has 0 unspecified atom stereocenters. The second-order valence-electron chi connectivity index (χ2n) is 7.21. The van der Waals surface area contributed by atoms with Crippen molar-refractivity contribution in [3.8, 4) is 0 Å². The second-order valence-corrected chi connectivity index (χ2v) is 8.56. The van der Waals surface area contributed by atoms with Crippen LogP contribution in [0.3, 0.4) is 0 Å². The van der Waals surface area contributed by atoms with Crippen LogP contribution in [0.2, 0.25) is 5.02 Å². The van der Waals surface area contributed by atoms with Gasteiger partial charge in [-0.3, -0.25) is 9.59 Å². The third-order valence-corrected chi connectivity index (χ3v) is 5.63. The summed E-state index contributed by atoms with van der Waals surface area (Å²) in [5.74, 6) is -1.44. The van der Waals surface area contributed by atoms with E-state index in [0.29, 0.717) is 23.6 Å². The molecule has 2 aromatic carbocycles. The first kappa shape index (κ1) is 21.6. The van der Waals surface area contributed by atoms with Crippen LogP contribution in [0.5, 0.6) is 0 Å². The number of ketones is 1. The molecule has 1 aliphatic rings. The first-order valence-corrected chi connectivity index (χ1v) is 10.4. The lowest BCUT2D eigenvalue weighted by molar-refractivity contribution is -0.139. The van der Waals surface area contributed by atoms with E-state index in [1.54, 1.807) is 53.4 Å². The van der Waals surface area contributed by atoms with Gasteiger partial charge in [0.1, 0.15) is 5.76 Å². The normalized spacial score (nSPS) is 18.7. The molecule has 29 heavy (non-hydrogen) atoms. The van der Waals surface area contributed by atoms with Gasteiger partial charge < -0.3 is 14.9 Å². The molecule has 7 heteroatoms. The number of amides is 1. The van der Waals surface area contributed by atoms with Gasteiger partial charge in [0.2, 0.25) is 0 Å². The zero-order chi connectivity index (χ0) is 21.1. The molecule has 5 nitrogen and oxygen atoms in total. The fraction of sp³-hybridized carbons (Fsp3) is 0.273. The van der Waals surface area contributed by atoms with Crippen molar-refractivity contribution in [3.05, 3.63) is 74.7 Å². The average Bonchev–Trinajstić information content (AvgIpc) is 2.93. The maximum absolute atomic E-state index is 12.9. The lowest BCUT2D eigenvalue weighted by Crippen LogP contribution is -2.32. The molecule has 1 fully saturated rings. The molecule has 0 radical (unpaired) electrons. The molecule has 0 aromatic heterocycles. The molecule has 2 aromatic rings. The molecule has 3 rings (SSSR count). The number of rotatable bonds is 6. The van der Waals surface area contributed by atoms with Gasteiger partial charge in [-0.25, -0.2) is 0 Å². The number of Topliss-reactive ketones (excluding diaryl/α,β-unsaturated/α-hetero) is 1. The minimum atomic E-state index is -0.671. The van der Waals surface area contributed by atoms with Crippen molar-refractivity contribution in [3.63, 3.8) is 0 Å². The van der Waals surface area contributed by atoms with Crippen LogP contribution in [-0.2, 0) is 9.59 Å². The number of benzene rings is 2. The number of carbonyl (C=O) groups is 2. The maximum Gasteiger partial charge on any atom is 0.295 e. The smallest absolute Gasteiger partial charge is 0.295 e. The lowest BCUT2D eigenvalue weighted by atomic mass is 9.95. The molecule has 1 amide bonds. The molecular weight excluding hydrogens is 456 g/mol. The van der Waals surface area contributed by atoms with Gasteiger partial charge >= 0.3 is 0 Å². The number of carbonyl (C=O) groups excluding carboxylic acids is 2. The fourth-order valence-corrected chi connectivity index (χ4v) is 3.81. The van der Waals surface area contributed by atoms with Gasteiger partial charge in [0.25, 0.3) is 11.7 Å². The van der Waals surface area contributed by atoms with Gasteiger partial charge in [0.05, 0.1) is 11.6 Å². The Morgan fingerprint density at radius 3 is 2.31 bits per heavy atom.